The molecular formula is C23H27N3O4. The number of rotatable bonds is 8. The van der Waals surface area contributed by atoms with Gasteiger partial charge in [-0.05, 0) is 36.5 Å². The summed E-state index contributed by atoms with van der Waals surface area (Å²) in [7, 11) is 0. The second-order valence-electron chi connectivity index (χ2n) is 7.58. The van der Waals surface area contributed by atoms with E-state index in [1.807, 2.05) is 30.3 Å². The van der Waals surface area contributed by atoms with E-state index in [1.165, 1.54) is 6.07 Å². The maximum atomic E-state index is 12.8. The van der Waals surface area contributed by atoms with Gasteiger partial charge < -0.3 is 21.1 Å². The highest BCUT2D eigenvalue weighted by atomic mass is 16.4. The third-order valence-corrected chi connectivity index (χ3v) is 5.35. The molecule has 4 N–H and O–H groups in total. The zero-order chi connectivity index (χ0) is 21.5. The molecule has 0 aromatic heterocycles. The second kappa shape index (κ2) is 10.0. The smallest absolute Gasteiger partial charge is 0.336 e. The summed E-state index contributed by atoms with van der Waals surface area (Å²) in [6.45, 7) is 0.633. The van der Waals surface area contributed by atoms with Crippen LogP contribution < -0.4 is 11.1 Å². The molecule has 1 heterocycles. The van der Waals surface area contributed by atoms with Crippen LogP contribution in [-0.2, 0) is 22.6 Å². The van der Waals surface area contributed by atoms with Crippen LogP contribution in [0.25, 0.3) is 0 Å². The van der Waals surface area contributed by atoms with Crippen LogP contribution in [0.3, 0.4) is 0 Å². The van der Waals surface area contributed by atoms with Crippen molar-refractivity contribution in [2.45, 2.75) is 44.3 Å². The first-order valence-corrected chi connectivity index (χ1v) is 10.1. The van der Waals surface area contributed by atoms with Crippen LogP contribution in [0.15, 0.2) is 54.6 Å². The molecule has 2 aromatic rings. The number of carbonyl (C=O) groups excluding carboxylic acids is 2. The Bertz CT molecular complexity index is 900. The number of nitrogens with one attached hydrogen (secondary N) is 1. The Kier molecular flexibility index (Phi) is 7.19. The quantitative estimate of drug-likeness (QED) is 0.617. The van der Waals surface area contributed by atoms with Gasteiger partial charge in [0.15, 0.2) is 0 Å². The van der Waals surface area contributed by atoms with Crippen molar-refractivity contribution in [3.63, 3.8) is 0 Å². The van der Waals surface area contributed by atoms with Gasteiger partial charge in [0, 0.05) is 25.6 Å². The van der Waals surface area contributed by atoms with Gasteiger partial charge in [-0.1, -0.05) is 48.5 Å². The number of carboxylic acids is 1. The Morgan fingerprint density at radius 1 is 1.10 bits per heavy atom. The molecule has 0 spiro atoms. The lowest BCUT2D eigenvalue weighted by Gasteiger charge is -2.25. The third kappa shape index (κ3) is 5.45. The first-order valence-electron chi connectivity index (χ1n) is 10.1. The maximum absolute atomic E-state index is 12.8. The molecule has 7 heteroatoms. The van der Waals surface area contributed by atoms with Crippen molar-refractivity contribution in [3.05, 3.63) is 71.3 Å². The zero-order valence-electron chi connectivity index (χ0n) is 16.8. The summed E-state index contributed by atoms with van der Waals surface area (Å²) in [5.41, 5.74) is 7.93. The average molecular weight is 409 g/mol. The number of hydrogen-bond donors (Lipinski definition) is 3. The molecular weight excluding hydrogens is 382 g/mol. The molecule has 0 aliphatic carbocycles. The standard InChI is InChI=1S/C23H27N3O4/c24-18(13-16-7-2-1-3-8-16)14-21(27)26-12-6-11-20(26)22(28)25-15-17-9-4-5-10-19(17)23(29)30/h1-5,7-10,18,20H,6,11-15,24H2,(H,25,28)(H,29,30)/t18?,20-/m0/s1. The largest absolute Gasteiger partial charge is 0.478 e. The first kappa shape index (κ1) is 21.5. The van der Waals surface area contributed by atoms with Gasteiger partial charge in [0.25, 0.3) is 0 Å². The number of likely N-dealkylation sites (tertiary alicyclic amines) is 1. The van der Waals surface area contributed by atoms with Gasteiger partial charge in [-0.15, -0.1) is 0 Å². The summed E-state index contributed by atoms with van der Waals surface area (Å²) >= 11 is 0. The Labute approximate surface area is 175 Å². The monoisotopic (exact) mass is 409 g/mol. The lowest BCUT2D eigenvalue weighted by molar-refractivity contribution is -0.138. The van der Waals surface area contributed by atoms with E-state index >= 15 is 0 Å². The lowest BCUT2D eigenvalue weighted by Crippen LogP contribution is -2.47. The van der Waals surface area contributed by atoms with Crippen LogP contribution >= 0.6 is 0 Å². The molecule has 1 aliphatic heterocycles. The van der Waals surface area contributed by atoms with E-state index in [1.54, 1.807) is 23.1 Å². The summed E-state index contributed by atoms with van der Waals surface area (Å²) < 4.78 is 0. The van der Waals surface area contributed by atoms with Gasteiger partial charge in [-0.3, -0.25) is 9.59 Å². The molecule has 0 bridgehead atoms. The van der Waals surface area contributed by atoms with Crippen molar-refractivity contribution in [3.8, 4) is 0 Å². The molecule has 0 radical (unpaired) electrons. The number of amides is 2. The SMILES string of the molecule is NC(CC(=O)N1CCC[C@H]1C(=O)NCc1ccccc1C(=O)O)Cc1ccccc1. The fourth-order valence-electron chi connectivity index (χ4n) is 3.85. The fourth-order valence-corrected chi connectivity index (χ4v) is 3.85. The number of aromatic carboxylic acids is 1. The normalized spacial score (nSPS) is 16.8. The molecule has 30 heavy (non-hydrogen) atoms. The lowest BCUT2D eigenvalue weighted by atomic mass is 10.0. The minimum absolute atomic E-state index is 0.105. The third-order valence-electron chi connectivity index (χ3n) is 5.35. The summed E-state index contributed by atoms with van der Waals surface area (Å²) in [4.78, 5) is 38.4. The number of benzene rings is 2. The number of carboxylic acid groups (broad SMARTS) is 1. The molecule has 0 saturated carbocycles. The number of nitrogens with two attached hydrogens (primary N) is 1. The van der Waals surface area contributed by atoms with Crippen molar-refractivity contribution in [1.29, 1.82) is 0 Å². The Morgan fingerprint density at radius 2 is 1.80 bits per heavy atom. The topological polar surface area (TPSA) is 113 Å². The Balaban J connectivity index is 1.56. The molecule has 158 valence electrons. The van der Waals surface area contributed by atoms with Crippen molar-refractivity contribution in [1.82, 2.24) is 10.2 Å². The maximum Gasteiger partial charge on any atom is 0.336 e. The average Bonchev–Trinajstić information content (AvgIpc) is 3.23. The fraction of sp³-hybridized carbons (Fsp3) is 0.348. The number of carbonyl (C=O) groups is 3. The van der Waals surface area contributed by atoms with E-state index in [9.17, 15) is 19.5 Å². The predicted octanol–water partition coefficient (Wildman–Crippen LogP) is 1.95. The van der Waals surface area contributed by atoms with Gasteiger partial charge >= 0.3 is 5.97 Å². The highest BCUT2D eigenvalue weighted by Crippen LogP contribution is 2.20. The van der Waals surface area contributed by atoms with E-state index in [-0.39, 0.29) is 36.4 Å². The van der Waals surface area contributed by atoms with Crippen molar-refractivity contribution in [2.75, 3.05) is 6.54 Å². The molecule has 1 saturated heterocycles. The summed E-state index contributed by atoms with van der Waals surface area (Å²) in [5.74, 6) is -1.43. The van der Waals surface area contributed by atoms with Crippen LogP contribution in [0.5, 0.6) is 0 Å². The summed E-state index contributed by atoms with van der Waals surface area (Å²) in [6.07, 6.45) is 2.12. The summed E-state index contributed by atoms with van der Waals surface area (Å²) in [6, 6.07) is 15.5. The van der Waals surface area contributed by atoms with Gasteiger partial charge in [0.05, 0.1) is 5.56 Å². The Hall–Kier alpha value is -3.19. The van der Waals surface area contributed by atoms with Crippen LogP contribution in [0, 0.1) is 0 Å². The van der Waals surface area contributed by atoms with Crippen molar-refractivity contribution in [2.24, 2.45) is 5.73 Å². The molecule has 2 amide bonds. The molecule has 1 unspecified atom stereocenters. The second-order valence-corrected chi connectivity index (χ2v) is 7.58. The molecule has 7 nitrogen and oxygen atoms in total. The van der Waals surface area contributed by atoms with E-state index in [2.05, 4.69) is 5.32 Å². The van der Waals surface area contributed by atoms with Gasteiger partial charge in [0.1, 0.15) is 6.04 Å². The zero-order valence-corrected chi connectivity index (χ0v) is 16.8. The van der Waals surface area contributed by atoms with E-state index in [4.69, 9.17) is 5.73 Å². The minimum Gasteiger partial charge on any atom is -0.478 e. The van der Waals surface area contributed by atoms with Crippen LogP contribution in [0.2, 0.25) is 0 Å². The van der Waals surface area contributed by atoms with E-state index in [0.717, 1.165) is 12.0 Å². The van der Waals surface area contributed by atoms with Gasteiger partial charge in [0.2, 0.25) is 11.8 Å². The molecule has 2 atom stereocenters. The molecule has 1 aliphatic rings. The van der Waals surface area contributed by atoms with Crippen LogP contribution in [0.4, 0.5) is 0 Å². The van der Waals surface area contributed by atoms with Crippen molar-refractivity contribution >= 4 is 17.8 Å². The predicted molar refractivity (Wildman–Crippen MR) is 113 cm³/mol. The van der Waals surface area contributed by atoms with Gasteiger partial charge in [-0.2, -0.15) is 0 Å². The molecule has 3 rings (SSSR count). The Morgan fingerprint density at radius 3 is 2.53 bits per heavy atom. The van der Waals surface area contributed by atoms with Crippen LogP contribution in [0.1, 0.15) is 40.7 Å². The van der Waals surface area contributed by atoms with E-state index in [0.29, 0.717) is 24.9 Å². The first-order chi connectivity index (χ1) is 14.5. The number of nitrogens with zero attached hydrogens (tertiary/aromatic N) is 1. The summed E-state index contributed by atoms with van der Waals surface area (Å²) in [5, 5.41) is 12.1. The highest BCUT2D eigenvalue weighted by Gasteiger charge is 2.34. The van der Waals surface area contributed by atoms with Crippen LogP contribution in [-0.4, -0.2) is 46.4 Å². The van der Waals surface area contributed by atoms with Crippen molar-refractivity contribution < 1.29 is 19.5 Å². The molecule has 2 aromatic carbocycles. The van der Waals surface area contributed by atoms with Gasteiger partial charge in [-0.25, -0.2) is 4.79 Å². The number of hydrogen-bond acceptors (Lipinski definition) is 4. The highest BCUT2D eigenvalue weighted by molar-refractivity contribution is 5.90. The minimum atomic E-state index is -1.04. The van der Waals surface area contributed by atoms with E-state index < -0.39 is 12.0 Å². The molecule has 1 fully saturated rings.